The van der Waals surface area contributed by atoms with Gasteiger partial charge in [-0.15, -0.1) is 0 Å². The summed E-state index contributed by atoms with van der Waals surface area (Å²) in [6, 6.07) is 8.67. The number of nitro groups is 1. The highest BCUT2D eigenvalue weighted by Gasteiger charge is 2.45. The normalized spacial score (nSPS) is 11.5. The maximum Gasteiger partial charge on any atom is 0.417 e. The summed E-state index contributed by atoms with van der Waals surface area (Å²) in [5, 5.41) is 8.59. The summed E-state index contributed by atoms with van der Waals surface area (Å²) in [5.74, 6) is -2.08. The number of amides is 1. The molecule has 0 saturated heterocycles. The second-order valence-electron chi connectivity index (χ2n) is 5.68. The first kappa shape index (κ1) is 24.4. The van der Waals surface area contributed by atoms with E-state index < -0.39 is 56.0 Å². The number of nitro benzene ring substituents is 1. The van der Waals surface area contributed by atoms with Gasteiger partial charge in [-0.1, -0.05) is 0 Å². The van der Waals surface area contributed by atoms with E-state index in [1.807, 2.05) is 22.6 Å². The van der Waals surface area contributed by atoms with Crippen molar-refractivity contribution in [2.75, 3.05) is 11.9 Å². The highest BCUT2D eigenvalue weighted by atomic mass is 127. The summed E-state index contributed by atoms with van der Waals surface area (Å²) in [6.07, 6.45) is -1.07. The number of halogens is 3. The van der Waals surface area contributed by atoms with E-state index in [2.05, 4.69) is 10.1 Å². The Hall–Kier alpha value is -2.92. The van der Waals surface area contributed by atoms with E-state index in [4.69, 9.17) is 9.29 Å². The molecule has 0 unspecified atom stereocenters. The predicted molar refractivity (Wildman–Crippen MR) is 109 cm³/mol. The van der Waals surface area contributed by atoms with Gasteiger partial charge in [0.2, 0.25) is 0 Å². The fourth-order valence-corrected chi connectivity index (χ4v) is 2.52. The molecule has 0 atom stereocenters. The standard InChI is InChI=1S/C16H11F2IN2O9S/c17-16(18,31(26,27)28)8-29-14(22)9-5-12(21(24)25)7-13(6-9)30-15(23)20-11-3-1-10(19)2-4-11/h1-7H,8H2,(H,20,23)(H,26,27,28). The van der Waals surface area contributed by atoms with Gasteiger partial charge in [0.25, 0.3) is 5.69 Å². The zero-order chi connectivity index (χ0) is 23.4. The van der Waals surface area contributed by atoms with E-state index in [0.717, 1.165) is 15.7 Å². The maximum absolute atomic E-state index is 13.2. The number of nitrogens with zero attached hydrogens (tertiary/aromatic N) is 1. The minimum atomic E-state index is -5.86. The third kappa shape index (κ3) is 6.79. The molecule has 0 spiro atoms. The molecule has 0 bridgehead atoms. The number of ether oxygens (including phenoxy) is 2. The molecule has 0 aromatic heterocycles. The molecule has 2 rings (SSSR count). The first-order valence-corrected chi connectivity index (χ1v) is 10.4. The Labute approximate surface area is 186 Å². The van der Waals surface area contributed by atoms with Crippen molar-refractivity contribution in [2.45, 2.75) is 5.25 Å². The molecule has 0 aliphatic rings. The number of carbonyl (C=O) groups is 2. The van der Waals surface area contributed by atoms with Crippen molar-refractivity contribution in [2.24, 2.45) is 0 Å². The van der Waals surface area contributed by atoms with Crippen LogP contribution in [0.1, 0.15) is 10.4 Å². The Morgan fingerprint density at radius 2 is 1.81 bits per heavy atom. The molecule has 31 heavy (non-hydrogen) atoms. The number of rotatable bonds is 7. The second-order valence-corrected chi connectivity index (χ2v) is 8.48. The van der Waals surface area contributed by atoms with Crippen LogP contribution >= 0.6 is 22.6 Å². The Morgan fingerprint density at radius 1 is 1.19 bits per heavy atom. The largest absolute Gasteiger partial charge is 0.454 e. The van der Waals surface area contributed by atoms with Gasteiger partial charge >= 0.3 is 27.4 Å². The van der Waals surface area contributed by atoms with Crippen LogP contribution in [0.15, 0.2) is 42.5 Å². The van der Waals surface area contributed by atoms with Crippen LogP contribution in [0.2, 0.25) is 0 Å². The second kappa shape index (κ2) is 9.48. The van der Waals surface area contributed by atoms with Gasteiger partial charge in [0.05, 0.1) is 16.6 Å². The number of hydrogen-bond acceptors (Lipinski definition) is 8. The minimum absolute atomic E-state index is 0.336. The molecule has 0 saturated carbocycles. The van der Waals surface area contributed by atoms with Crippen LogP contribution in [0.5, 0.6) is 5.75 Å². The van der Waals surface area contributed by atoms with E-state index in [1.54, 1.807) is 24.3 Å². The molecule has 166 valence electrons. The van der Waals surface area contributed by atoms with E-state index in [1.165, 1.54) is 0 Å². The Balaban J connectivity index is 2.19. The summed E-state index contributed by atoms with van der Waals surface area (Å²) in [6.45, 7) is -2.04. The van der Waals surface area contributed by atoms with Gasteiger partial charge in [-0.25, -0.2) is 9.59 Å². The van der Waals surface area contributed by atoms with Gasteiger partial charge in [0.15, 0.2) is 6.61 Å². The van der Waals surface area contributed by atoms with Gasteiger partial charge < -0.3 is 9.47 Å². The van der Waals surface area contributed by atoms with Crippen LogP contribution in [-0.2, 0) is 14.9 Å². The van der Waals surface area contributed by atoms with Crippen LogP contribution in [0.25, 0.3) is 0 Å². The van der Waals surface area contributed by atoms with Gasteiger partial charge in [0.1, 0.15) is 5.75 Å². The van der Waals surface area contributed by atoms with Crippen LogP contribution in [0.3, 0.4) is 0 Å². The van der Waals surface area contributed by atoms with E-state index in [-0.39, 0.29) is 0 Å². The molecule has 0 radical (unpaired) electrons. The zero-order valence-corrected chi connectivity index (χ0v) is 17.9. The van der Waals surface area contributed by atoms with Crippen LogP contribution in [-0.4, -0.2) is 41.8 Å². The third-order valence-corrected chi connectivity index (χ3v) is 4.98. The first-order valence-electron chi connectivity index (χ1n) is 7.84. The maximum atomic E-state index is 13.2. The summed E-state index contributed by atoms with van der Waals surface area (Å²) >= 11 is 2.04. The molecule has 0 aliphatic heterocycles. The van der Waals surface area contributed by atoms with Crippen molar-refractivity contribution in [3.05, 3.63) is 61.7 Å². The minimum Gasteiger partial charge on any atom is -0.454 e. The topological polar surface area (TPSA) is 162 Å². The third-order valence-electron chi connectivity index (χ3n) is 3.39. The number of non-ortho nitro benzene ring substituents is 1. The lowest BCUT2D eigenvalue weighted by molar-refractivity contribution is -0.384. The molecule has 0 fully saturated rings. The number of esters is 1. The summed E-state index contributed by atoms with van der Waals surface area (Å²) in [5.41, 5.74) is -1.09. The van der Waals surface area contributed by atoms with Crippen molar-refractivity contribution in [3.63, 3.8) is 0 Å². The molecular weight excluding hydrogens is 561 g/mol. The number of hydrogen-bond donors (Lipinski definition) is 2. The van der Waals surface area contributed by atoms with E-state index in [0.29, 0.717) is 11.8 Å². The average Bonchev–Trinajstić information content (AvgIpc) is 2.66. The summed E-state index contributed by atoms with van der Waals surface area (Å²) in [7, 11) is -5.86. The van der Waals surface area contributed by atoms with Crippen molar-refractivity contribution in [1.29, 1.82) is 0 Å². The molecule has 11 nitrogen and oxygen atoms in total. The van der Waals surface area contributed by atoms with Crippen molar-refractivity contribution in [3.8, 4) is 5.75 Å². The summed E-state index contributed by atoms with van der Waals surface area (Å²) < 4.78 is 65.8. The Bertz CT molecular complexity index is 1120. The van der Waals surface area contributed by atoms with Crippen molar-refractivity contribution >= 4 is 56.1 Å². The smallest absolute Gasteiger partial charge is 0.417 e. The van der Waals surface area contributed by atoms with E-state index in [9.17, 15) is 36.9 Å². The van der Waals surface area contributed by atoms with Crippen LogP contribution in [0.4, 0.5) is 25.0 Å². The van der Waals surface area contributed by atoms with Crippen molar-refractivity contribution < 1.29 is 45.7 Å². The van der Waals surface area contributed by atoms with Crippen LogP contribution in [0, 0.1) is 13.7 Å². The molecule has 15 heteroatoms. The lowest BCUT2D eigenvalue weighted by atomic mass is 10.2. The number of carbonyl (C=O) groups excluding carboxylic acids is 2. The molecule has 2 aromatic carbocycles. The van der Waals surface area contributed by atoms with Crippen LogP contribution < -0.4 is 10.1 Å². The fourth-order valence-electron chi connectivity index (χ4n) is 1.96. The monoisotopic (exact) mass is 572 g/mol. The number of benzene rings is 2. The molecule has 0 aliphatic carbocycles. The van der Waals surface area contributed by atoms with Gasteiger partial charge in [-0.05, 0) is 52.9 Å². The summed E-state index contributed by atoms with van der Waals surface area (Å²) in [4.78, 5) is 34.0. The average molecular weight is 572 g/mol. The molecule has 2 aromatic rings. The quantitative estimate of drug-likeness (QED) is 0.166. The molecule has 2 N–H and O–H groups in total. The predicted octanol–water partition coefficient (Wildman–Crippen LogP) is 3.45. The fraction of sp³-hybridized carbons (Fsp3) is 0.125. The van der Waals surface area contributed by atoms with E-state index >= 15 is 0 Å². The van der Waals surface area contributed by atoms with Gasteiger partial charge in [0, 0.05) is 15.3 Å². The molecule has 0 heterocycles. The lowest BCUT2D eigenvalue weighted by Gasteiger charge is -2.13. The molecule has 1 amide bonds. The number of anilines is 1. The molecular formula is C16H11F2IN2O9S. The zero-order valence-electron chi connectivity index (χ0n) is 15.0. The number of alkyl halides is 2. The Morgan fingerprint density at radius 3 is 2.35 bits per heavy atom. The first-order chi connectivity index (χ1) is 14.3. The SMILES string of the molecule is O=C(Nc1ccc(I)cc1)Oc1cc(C(=O)OCC(F)(F)S(=O)(=O)O)cc([N+](=O)[O-])c1. The highest BCUT2D eigenvalue weighted by Crippen LogP contribution is 2.26. The van der Waals surface area contributed by atoms with Crippen molar-refractivity contribution in [1.82, 2.24) is 0 Å². The highest BCUT2D eigenvalue weighted by molar-refractivity contribution is 14.1. The lowest BCUT2D eigenvalue weighted by Crippen LogP contribution is -2.34. The van der Waals surface area contributed by atoms with Gasteiger partial charge in [-0.3, -0.25) is 20.0 Å². The number of nitrogens with one attached hydrogen (secondary N) is 1. The Kier molecular flexibility index (Phi) is 7.45. The van der Waals surface area contributed by atoms with Gasteiger partial charge in [-0.2, -0.15) is 17.2 Å².